The summed E-state index contributed by atoms with van der Waals surface area (Å²) in [7, 11) is -2.01. The van der Waals surface area contributed by atoms with Gasteiger partial charge in [0.2, 0.25) is 0 Å². The predicted molar refractivity (Wildman–Crippen MR) is 152 cm³/mol. The lowest BCUT2D eigenvalue weighted by Crippen LogP contribution is -2.30. The first-order valence-electron chi connectivity index (χ1n) is 11.7. The van der Waals surface area contributed by atoms with E-state index in [1.165, 1.54) is 21.7 Å². The molecule has 0 aliphatic rings. The average molecular weight is 464 g/mol. The van der Waals surface area contributed by atoms with E-state index in [1.54, 1.807) is 0 Å². The maximum Gasteiger partial charge on any atom is 0.170 e. The van der Waals surface area contributed by atoms with Gasteiger partial charge in [-0.3, -0.25) is 5.09 Å². The molecule has 0 unspecified atom stereocenters. The highest BCUT2D eigenvalue weighted by atomic mass is 31.2. The minimum atomic E-state index is -2.01. The van der Waals surface area contributed by atoms with Gasteiger partial charge in [-0.1, -0.05) is 85.0 Å². The normalized spacial score (nSPS) is 11.8. The number of nitrogen functional groups attached to an aromatic ring is 1. The first kappa shape index (κ1) is 23.5. The topological polar surface area (TPSA) is 38.0 Å². The summed E-state index contributed by atoms with van der Waals surface area (Å²) in [4.78, 5) is 0. The van der Waals surface area contributed by atoms with E-state index in [4.69, 9.17) is 5.73 Å². The third-order valence-corrected chi connectivity index (χ3v) is 9.56. The van der Waals surface area contributed by atoms with Gasteiger partial charge in [-0.25, -0.2) is 0 Å². The quantitative estimate of drug-likeness (QED) is 0.160. The number of hydrogen-bond acceptors (Lipinski definition) is 2. The second-order valence-electron chi connectivity index (χ2n) is 8.35. The van der Waals surface area contributed by atoms with Crippen LogP contribution in [0.15, 0.2) is 133 Å². The first-order chi connectivity index (χ1) is 16.7. The van der Waals surface area contributed by atoms with Crippen molar-refractivity contribution in [3.8, 4) is 0 Å². The zero-order chi connectivity index (χ0) is 23.6. The van der Waals surface area contributed by atoms with E-state index in [0.29, 0.717) is 0 Å². The summed E-state index contributed by atoms with van der Waals surface area (Å²) >= 11 is 0. The Kier molecular flexibility index (Phi) is 7.96. The van der Waals surface area contributed by atoms with Crippen LogP contribution in [-0.4, -0.2) is 6.16 Å². The van der Waals surface area contributed by atoms with Gasteiger partial charge in [-0.15, -0.1) is 0 Å². The van der Waals surface area contributed by atoms with Crippen molar-refractivity contribution in [2.75, 3.05) is 17.0 Å². The fourth-order valence-corrected chi connectivity index (χ4v) is 7.68. The largest absolute Gasteiger partial charge is 0.399 e. The molecule has 0 bridgehead atoms. The highest BCUT2D eigenvalue weighted by Crippen LogP contribution is 2.56. The summed E-state index contributed by atoms with van der Waals surface area (Å²) in [5.74, 6) is 0. The Morgan fingerprint density at radius 2 is 1.29 bits per heavy atom. The second kappa shape index (κ2) is 11.5. The van der Waals surface area contributed by atoms with Gasteiger partial charge in [0, 0.05) is 5.69 Å². The monoisotopic (exact) mass is 463 g/mol. The Hall–Kier alpha value is -3.61. The summed E-state index contributed by atoms with van der Waals surface area (Å²) < 4.78 is 0. The molecular weight excluding hydrogens is 431 g/mol. The van der Waals surface area contributed by atoms with Crippen molar-refractivity contribution in [3.05, 3.63) is 145 Å². The number of nitrogens with two attached hydrogens (primary N) is 1. The lowest BCUT2D eigenvalue weighted by molar-refractivity contribution is 1.20. The average Bonchev–Trinajstić information content (AvgIpc) is 2.87. The number of nitrogens with one attached hydrogen (secondary N) is 1. The molecule has 0 aliphatic heterocycles. The van der Waals surface area contributed by atoms with E-state index in [9.17, 15) is 0 Å². The van der Waals surface area contributed by atoms with Crippen molar-refractivity contribution < 1.29 is 0 Å². The van der Waals surface area contributed by atoms with Gasteiger partial charge in [0.05, 0.1) is 5.69 Å². The SMILES string of the molecule is C/C=C\C=C/C[P+](Nc1cc(N)cc(Cc2ccccc2)c1)(c1ccccc1)c1ccccc1. The van der Waals surface area contributed by atoms with Crippen LogP contribution in [0.5, 0.6) is 0 Å². The fourth-order valence-electron chi connectivity index (χ4n) is 4.25. The summed E-state index contributed by atoms with van der Waals surface area (Å²) in [5.41, 5.74) is 10.7. The van der Waals surface area contributed by atoms with Crippen LogP contribution >= 0.6 is 7.41 Å². The molecule has 0 saturated carbocycles. The van der Waals surface area contributed by atoms with Crippen molar-refractivity contribution in [3.63, 3.8) is 0 Å². The highest BCUT2D eigenvalue weighted by molar-refractivity contribution is 7.90. The first-order valence-corrected chi connectivity index (χ1v) is 13.7. The zero-order valence-corrected chi connectivity index (χ0v) is 20.5. The third kappa shape index (κ3) is 5.84. The lowest BCUT2D eigenvalue weighted by atomic mass is 10.0. The van der Waals surface area contributed by atoms with Crippen LogP contribution in [-0.2, 0) is 6.42 Å². The highest BCUT2D eigenvalue weighted by Gasteiger charge is 2.42. The van der Waals surface area contributed by atoms with Crippen molar-refractivity contribution in [2.45, 2.75) is 13.3 Å². The summed E-state index contributed by atoms with van der Waals surface area (Å²) in [5, 5.41) is 6.66. The molecule has 3 heteroatoms. The van der Waals surface area contributed by atoms with Crippen molar-refractivity contribution in [1.29, 1.82) is 0 Å². The van der Waals surface area contributed by atoms with Gasteiger partial charge >= 0.3 is 0 Å². The van der Waals surface area contributed by atoms with Crippen molar-refractivity contribution >= 4 is 29.4 Å². The molecule has 0 fully saturated rings. The molecule has 0 saturated heterocycles. The molecule has 0 radical (unpaired) electrons. The van der Waals surface area contributed by atoms with Crippen LogP contribution in [0.4, 0.5) is 11.4 Å². The maximum absolute atomic E-state index is 6.40. The molecule has 0 spiro atoms. The minimum absolute atomic E-state index is 0.777. The maximum atomic E-state index is 6.40. The third-order valence-electron chi connectivity index (χ3n) is 5.80. The zero-order valence-electron chi connectivity index (χ0n) is 19.6. The molecule has 0 atom stereocenters. The summed E-state index contributed by atoms with van der Waals surface area (Å²) in [6.07, 6.45) is 10.3. The minimum Gasteiger partial charge on any atom is -0.399 e. The molecule has 0 heterocycles. The van der Waals surface area contributed by atoms with Gasteiger partial charge in [0.15, 0.2) is 7.41 Å². The summed E-state index contributed by atoms with van der Waals surface area (Å²) in [6, 6.07) is 38.6. The molecule has 4 rings (SSSR count). The van der Waals surface area contributed by atoms with E-state index < -0.39 is 7.41 Å². The summed E-state index contributed by atoms with van der Waals surface area (Å²) in [6.45, 7) is 2.04. The van der Waals surface area contributed by atoms with Gasteiger partial charge in [0.1, 0.15) is 16.8 Å². The number of rotatable bonds is 9. The Labute approximate surface area is 204 Å². The molecular formula is C31H32N2P+. The Bertz CT molecular complexity index is 1190. The van der Waals surface area contributed by atoms with E-state index in [-0.39, 0.29) is 0 Å². The van der Waals surface area contributed by atoms with E-state index in [0.717, 1.165) is 24.0 Å². The molecule has 3 N–H and O–H groups in total. The molecule has 0 aromatic heterocycles. The molecule has 0 aliphatic carbocycles. The standard InChI is InChI=1S/C31H32N2P/c1-2-3-4-14-21-34(30-17-10-6-11-18-30,31-19-12-7-13-20-31)33-29-24-27(23-28(32)25-29)22-26-15-8-5-9-16-26/h2-20,23-25,33H,21-22,32H2,1H3/q+1/b3-2-,14-4-. The van der Waals surface area contributed by atoms with Crippen LogP contribution in [0.25, 0.3) is 0 Å². The van der Waals surface area contributed by atoms with Crippen LogP contribution in [0.3, 0.4) is 0 Å². The number of hydrogen-bond donors (Lipinski definition) is 2. The molecule has 34 heavy (non-hydrogen) atoms. The molecule has 2 nitrogen and oxygen atoms in total. The van der Waals surface area contributed by atoms with Gasteiger partial charge in [-0.05, 0) is 73.0 Å². The fraction of sp³-hybridized carbons (Fsp3) is 0.0968. The number of allylic oxidation sites excluding steroid dienone is 4. The molecule has 4 aromatic carbocycles. The van der Waals surface area contributed by atoms with Crippen LogP contribution in [0, 0.1) is 0 Å². The van der Waals surface area contributed by atoms with Gasteiger partial charge < -0.3 is 5.73 Å². The molecule has 0 amide bonds. The van der Waals surface area contributed by atoms with Crippen molar-refractivity contribution in [1.82, 2.24) is 0 Å². The Morgan fingerprint density at radius 3 is 1.88 bits per heavy atom. The Balaban J connectivity index is 1.79. The van der Waals surface area contributed by atoms with E-state index >= 15 is 0 Å². The Morgan fingerprint density at radius 1 is 0.706 bits per heavy atom. The van der Waals surface area contributed by atoms with Gasteiger partial charge in [0.25, 0.3) is 0 Å². The predicted octanol–water partition coefficient (Wildman–Crippen LogP) is 6.99. The van der Waals surface area contributed by atoms with Crippen LogP contribution < -0.4 is 21.4 Å². The number of anilines is 2. The molecule has 4 aromatic rings. The van der Waals surface area contributed by atoms with E-state index in [1.807, 2.05) is 6.92 Å². The van der Waals surface area contributed by atoms with Crippen LogP contribution in [0.1, 0.15) is 18.1 Å². The smallest absolute Gasteiger partial charge is 0.170 e. The molecule has 170 valence electrons. The lowest BCUT2D eigenvalue weighted by Gasteiger charge is -2.28. The van der Waals surface area contributed by atoms with Crippen LogP contribution in [0.2, 0.25) is 0 Å². The van der Waals surface area contributed by atoms with Crippen molar-refractivity contribution in [2.24, 2.45) is 0 Å². The second-order valence-corrected chi connectivity index (χ2v) is 11.6. The van der Waals surface area contributed by atoms with Gasteiger partial charge in [-0.2, -0.15) is 0 Å². The van der Waals surface area contributed by atoms with E-state index in [2.05, 4.69) is 139 Å². The number of benzene rings is 4.